The SMILES string of the molecule is CCCNCc1nc(CC(C)C)no1. The van der Waals surface area contributed by atoms with Gasteiger partial charge in [-0.25, -0.2) is 0 Å². The van der Waals surface area contributed by atoms with Crippen LogP contribution in [0, 0.1) is 5.92 Å². The van der Waals surface area contributed by atoms with Crippen LogP contribution in [0.5, 0.6) is 0 Å². The summed E-state index contributed by atoms with van der Waals surface area (Å²) in [5.41, 5.74) is 0. The third-order valence-corrected chi connectivity index (χ3v) is 1.80. The summed E-state index contributed by atoms with van der Waals surface area (Å²) >= 11 is 0. The number of aromatic nitrogens is 2. The predicted molar refractivity (Wildman–Crippen MR) is 54.8 cm³/mol. The smallest absolute Gasteiger partial charge is 0.240 e. The van der Waals surface area contributed by atoms with Gasteiger partial charge in [0.15, 0.2) is 5.82 Å². The van der Waals surface area contributed by atoms with Gasteiger partial charge in [-0.15, -0.1) is 0 Å². The van der Waals surface area contributed by atoms with Crippen molar-refractivity contribution in [1.29, 1.82) is 0 Å². The lowest BCUT2D eigenvalue weighted by atomic mass is 10.1. The Bertz CT molecular complexity index is 258. The molecule has 0 amide bonds. The molecule has 0 fully saturated rings. The largest absolute Gasteiger partial charge is 0.338 e. The monoisotopic (exact) mass is 197 g/mol. The number of nitrogens with zero attached hydrogens (tertiary/aromatic N) is 2. The van der Waals surface area contributed by atoms with E-state index in [1.54, 1.807) is 0 Å². The summed E-state index contributed by atoms with van der Waals surface area (Å²) in [6.07, 6.45) is 2.00. The van der Waals surface area contributed by atoms with Crippen molar-refractivity contribution in [2.24, 2.45) is 5.92 Å². The molecule has 0 unspecified atom stereocenters. The molecule has 4 nitrogen and oxygen atoms in total. The van der Waals surface area contributed by atoms with Crippen LogP contribution >= 0.6 is 0 Å². The Hall–Kier alpha value is -0.900. The van der Waals surface area contributed by atoms with Crippen molar-refractivity contribution in [3.8, 4) is 0 Å². The molecule has 0 aliphatic carbocycles. The number of hydrogen-bond acceptors (Lipinski definition) is 4. The molecular formula is C10H19N3O. The molecular weight excluding hydrogens is 178 g/mol. The van der Waals surface area contributed by atoms with E-state index in [0.717, 1.165) is 25.2 Å². The summed E-state index contributed by atoms with van der Waals surface area (Å²) in [7, 11) is 0. The third kappa shape index (κ3) is 3.87. The van der Waals surface area contributed by atoms with Gasteiger partial charge in [-0.05, 0) is 18.9 Å². The maximum absolute atomic E-state index is 5.09. The summed E-state index contributed by atoms with van der Waals surface area (Å²) < 4.78 is 5.09. The zero-order valence-electron chi connectivity index (χ0n) is 9.21. The van der Waals surface area contributed by atoms with Crippen molar-refractivity contribution in [2.75, 3.05) is 6.54 Å². The first-order valence-electron chi connectivity index (χ1n) is 5.24. The minimum Gasteiger partial charge on any atom is -0.338 e. The Morgan fingerprint density at radius 3 is 2.86 bits per heavy atom. The van der Waals surface area contributed by atoms with E-state index in [1.807, 2.05) is 0 Å². The molecule has 0 bridgehead atoms. The maximum atomic E-state index is 5.09. The number of nitrogens with one attached hydrogen (secondary N) is 1. The second kappa shape index (κ2) is 5.75. The topological polar surface area (TPSA) is 51.0 Å². The number of rotatable bonds is 6. The lowest BCUT2D eigenvalue weighted by molar-refractivity contribution is 0.361. The van der Waals surface area contributed by atoms with E-state index in [4.69, 9.17) is 4.52 Å². The Morgan fingerprint density at radius 2 is 2.21 bits per heavy atom. The van der Waals surface area contributed by atoms with Gasteiger partial charge in [0.05, 0.1) is 6.54 Å². The van der Waals surface area contributed by atoms with E-state index in [-0.39, 0.29) is 0 Å². The molecule has 0 saturated heterocycles. The standard InChI is InChI=1S/C10H19N3O/c1-4-5-11-7-10-12-9(13-14-10)6-8(2)3/h8,11H,4-7H2,1-3H3. The summed E-state index contributed by atoms with van der Waals surface area (Å²) in [4.78, 5) is 4.28. The highest BCUT2D eigenvalue weighted by atomic mass is 16.5. The van der Waals surface area contributed by atoms with Crippen LogP contribution in [0.1, 0.15) is 38.9 Å². The van der Waals surface area contributed by atoms with Gasteiger partial charge in [-0.3, -0.25) is 0 Å². The van der Waals surface area contributed by atoms with Crippen molar-refractivity contribution < 1.29 is 4.52 Å². The van der Waals surface area contributed by atoms with E-state index in [0.29, 0.717) is 18.4 Å². The molecule has 0 saturated carbocycles. The fraction of sp³-hybridized carbons (Fsp3) is 0.800. The van der Waals surface area contributed by atoms with Crippen molar-refractivity contribution >= 4 is 0 Å². The van der Waals surface area contributed by atoms with E-state index < -0.39 is 0 Å². The Kier molecular flexibility index (Phi) is 4.59. The van der Waals surface area contributed by atoms with Gasteiger partial charge in [0.25, 0.3) is 0 Å². The molecule has 0 aromatic carbocycles. The first-order valence-corrected chi connectivity index (χ1v) is 5.24. The van der Waals surface area contributed by atoms with Crippen LogP contribution < -0.4 is 5.32 Å². The Balaban J connectivity index is 2.35. The molecule has 80 valence electrons. The molecule has 0 spiro atoms. The van der Waals surface area contributed by atoms with Crippen LogP contribution in [0.25, 0.3) is 0 Å². The minimum absolute atomic E-state index is 0.573. The average Bonchev–Trinajstić information content (AvgIpc) is 2.52. The summed E-state index contributed by atoms with van der Waals surface area (Å²) in [6.45, 7) is 8.09. The van der Waals surface area contributed by atoms with Crippen LogP contribution in [0.4, 0.5) is 0 Å². The van der Waals surface area contributed by atoms with Gasteiger partial charge in [0.1, 0.15) is 0 Å². The van der Waals surface area contributed by atoms with Gasteiger partial charge in [0, 0.05) is 6.42 Å². The van der Waals surface area contributed by atoms with Gasteiger partial charge in [-0.1, -0.05) is 25.9 Å². The molecule has 0 atom stereocenters. The lowest BCUT2D eigenvalue weighted by Crippen LogP contribution is -2.14. The van der Waals surface area contributed by atoms with Crippen molar-refractivity contribution in [1.82, 2.24) is 15.5 Å². The van der Waals surface area contributed by atoms with E-state index in [2.05, 4.69) is 36.2 Å². The fourth-order valence-corrected chi connectivity index (χ4v) is 1.18. The Morgan fingerprint density at radius 1 is 1.43 bits per heavy atom. The first-order chi connectivity index (χ1) is 6.72. The van der Waals surface area contributed by atoms with Gasteiger partial charge < -0.3 is 9.84 Å². The Labute approximate surface area is 85.1 Å². The molecule has 14 heavy (non-hydrogen) atoms. The molecule has 1 aromatic heterocycles. The molecule has 1 heterocycles. The van der Waals surface area contributed by atoms with Crippen LogP contribution in [-0.4, -0.2) is 16.7 Å². The van der Waals surface area contributed by atoms with Crippen LogP contribution in [0.2, 0.25) is 0 Å². The van der Waals surface area contributed by atoms with Crippen LogP contribution in [0.15, 0.2) is 4.52 Å². The van der Waals surface area contributed by atoms with Gasteiger partial charge >= 0.3 is 0 Å². The van der Waals surface area contributed by atoms with Gasteiger partial charge in [-0.2, -0.15) is 4.98 Å². The second-order valence-corrected chi connectivity index (χ2v) is 3.88. The van der Waals surface area contributed by atoms with Crippen LogP contribution in [-0.2, 0) is 13.0 Å². The highest BCUT2D eigenvalue weighted by molar-refractivity contribution is 4.86. The highest BCUT2D eigenvalue weighted by Gasteiger charge is 2.06. The van der Waals surface area contributed by atoms with Crippen molar-refractivity contribution in [3.05, 3.63) is 11.7 Å². The van der Waals surface area contributed by atoms with Crippen molar-refractivity contribution in [2.45, 2.75) is 40.2 Å². The fourth-order valence-electron chi connectivity index (χ4n) is 1.18. The predicted octanol–water partition coefficient (Wildman–Crippen LogP) is 1.77. The highest BCUT2D eigenvalue weighted by Crippen LogP contribution is 2.04. The zero-order chi connectivity index (χ0) is 10.4. The number of hydrogen-bond donors (Lipinski definition) is 1. The zero-order valence-corrected chi connectivity index (χ0v) is 9.21. The molecule has 1 rings (SSSR count). The average molecular weight is 197 g/mol. The molecule has 0 radical (unpaired) electrons. The normalized spacial score (nSPS) is 11.1. The third-order valence-electron chi connectivity index (χ3n) is 1.80. The molecule has 1 aromatic rings. The first kappa shape index (κ1) is 11.2. The van der Waals surface area contributed by atoms with Crippen LogP contribution in [0.3, 0.4) is 0 Å². The molecule has 4 heteroatoms. The quantitative estimate of drug-likeness (QED) is 0.706. The molecule has 1 N–H and O–H groups in total. The van der Waals surface area contributed by atoms with E-state index in [9.17, 15) is 0 Å². The van der Waals surface area contributed by atoms with Gasteiger partial charge in [0.2, 0.25) is 5.89 Å². The molecule has 0 aliphatic rings. The van der Waals surface area contributed by atoms with Crippen molar-refractivity contribution in [3.63, 3.8) is 0 Å². The summed E-state index contributed by atoms with van der Waals surface area (Å²) in [6, 6.07) is 0. The molecule has 0 aliphatic heterocycles. The van der Waals surface area contributed by atoms with E-state index in [1.165, 1.54) is 0 Å². The maximum Gasteiger partial charge on any atom is 0.240 e. The summed E-state index contributed by atoms with van der Waals surface area (Å²) in [5.74, 6) is 2.08. The van der Waals surface area contributed by atoms with E-state index >= 15 is 0 Å². The lowest BCUT2D eigenvalue weighted by Gasteiger charge is -1.97. The second-order valence-electron chi connectivity index (χ2n) is 3.88. The summed E-state index contributed by atoms with van der Waals surface area (Å²) in [5, 5.41) is 7.13. The minimum atomic E-state index is 0.573.